The molecule has 4 heterocycles. The summed E-state index contributed by atoms with van der Waals surface area (Å²) in [5.74, 6) is 7.77. The predicted molar refractivity (Wildman–Crippen MR) is 248 cm³/mol. The van der Waals surface area contributed by atoms with Crippen molar-refractivity contribution >= 4 is 56.5 Å². The number of aliphatic hydroxyl groups is 3. The highest BCUT2D eigenvalue weighted by molar-refractivity contribution is 8.13. The molecule has 3 aromatic rings. The highest BCUT2D eigenvalue weighted by Crippen LogP contribution is 2.42. The molecule has 2 saturated heterocycles. The van der Waals surface area contributed by atoms with Crippen molar-refractivity contribution in [1.29, 1.82) is 0 Å². The van der Waals surface area contributed by atoms with Crippen molar-refractivity contribution in [2.45, 2.75) is 115 Å². The van der Waals surface area contributed by atoms with Crippen LogP contribution in [0.5, 0.6) is 5.75 Å². The Bertz CT molecular complexity index is 2600. The first-order valence-electron chi connectivity index (χ1n) is 21.8. The number of aliphatic hydroxyl groups excluding tert-OH is 3. The average molecular weight is 961 g/mol. The monoisotopic (exact) mass is 960 g/mol. The van der Waals surface area contributed by atoms with E-state index in [0.29, 0.717) is 16.3 Å². The van der Waals surface area contributed by atoms with Crippen molar-refractivity contribution in [1.82, 2.24) is 20.6 Å². The maximum atomic E-state index is 13.7. The number of nitrogens with zero attached hydrogens (tertiary/aromatic N) is 1. The third kappa shape index (κ3) is 12.0. The molecule has 9 unspecified atom stereocenters. The molecule has 364 valence electrons. The number of fused-ring (bicyclic) bond motifs is 3. The number of carbonyl (C=O) groups is 4. The summed E-state index contributed by atoms with van der Waals surface area (Å²) in [6, 6.07) is 5.62. The Morgan fingerprint density at radius 2 is 1.87 bits per heavy atom. The molecule has 2 aromatic heterocycles. The number of aromatic nitrogens is 2. The van der Waals surface area contributed by atoms with Gasteiger partial charge in [0.05, 0.1) is 61.1 Å². The first-order valence-corrected chi connectivity index (χ1v) is 22.8. The Labute approximate surface area is 396 Å². The summed E-state index contributed by atoms with van der Waals surface area (Å²) in [6.45, 7) is 8.61. The number of carboxylic acid groups (broad SMARTS) is 1. The molecule has 0 saturated carbocycles. The predicted octanol–water partition coefficient (Wildman–Crippen LogP) is 3.51. The van der Waals surface area contributed by atoms with Gasteiger partial charge in [-0.2, -0.15) is 0 Å². The molecule has 1 aliphatic carbocycles. The first kappa shape index (κ1) is 51.8. The quantitative estimate of drug-likeness (QED) is 0.107. The molecule has 20 heteroatoms. The van der Waals surface area contributed by atoms with Crippen LogP contribution in [0, 0.1) is 29.6 Å². The molecule has 19 nitrogen and oxygen atoms in total. The number of thioether (sulfide) groups is 1. The van der Waals surface area contributed by atoms with E-state index in [0.717, 1.165) is 18.9 Å². The number of allylic oxidation sites excluding steroid dienone is 3. The Morgan fingerprint density at radius 1 is 1.12 bits per heavy atom. The molecule has 2 aliphatic heterocycles. The third-order valence-electron chi connectivity index (χ3n) is 11.6. The largest absolute Gasteiger partial charge is 0.508 e. The van der Waals surface area contributed by atoms with E-state index in [9.17, 15) is 44.7 Å². The van der Waals surface area contributed by atoms with E-state index in [2.05, 4.69) is 44.3 Å². The first-order chi connectivity index (χ1) is 32.4. The lowest BCUT2D eigenvalue weighted by Crippen LogP contribution is -2.60. The number of nitrogens with one attached hydrogen (secondary N) is 3. The fourth-order valence-electron chi connectivity index (χ4n) is 8.53. The molecule has 0 radical (unpaired) electrons. The lowest BCUT2D eigenvalue weighted by Gasteiger charge is -2.47. The van der Waals surface area contributed by atoms with Gasteiger partial charge in [0.2, 0.25) is 0 Å². The van der Waals surface area contributed by atoms with Crippen molar-refractivity contribution in [2.75, 3.05) is 26.6 Å². The molecule has 6 rings (SSSR count). The molecule has 11 atom stereocenters. The van der Waals surface area contributed by atoms with Crippen LogP contribution in [0.4, 0.5) is 4.79 Å². The number of rotatable bonds is 14. The number of phenols is 1. The van der Waals surface area contributed by atoms with Crippen molar-refractivity contribution in [2.24, 2.45) is 5.92 Å². The number of amides is 1. The van der Waals surface area contributed by atoms with Gasteiger partial charge in [-0.25, -0.2) is 14.6 Å². The summed E-state index contributed by atoms with van der Waals surface area (Å²) >= 11 is 0.925. The summed E-state index contributed by atoms with van der Waals surface area (Å²) in [7, 11) is 2.64. The van der Waals surface area contributed by atoms with Gasteiger partial charge in [-0.1, -0.05) is 49.4 Å². The molecule has 0 bridgehead atoms. The Balaban J connectivity index is 1.49. The van der Waals surface area contributed by atoms with E-state index in [-0.39, 0.29) is 69.8 Å². The summed E-state index contributed by atoms with van der Waals surface area (Å²) < 4.78 is 36.7. The number of aromatic hydroxyl groups is 1. The summed E-state index contributed by atoms with van der Waals surface area (Å²) in [6.07, 6.45) is -9.25. The van der Waals surface area contributed by atoms with Crippen LogP contribution in [0.25, 0.3) is 21.8 Å². The van der Waals surface area contributed by atoms with Gasteiger partial charge < -0.3 is 64.3 Å². The summed E-state index contributed by atoms with van der Waals surface area (Å²) in [4.78, 5) is 58.5. The van der Waals surface area contributed by atoms with Gasteiger partial charge in [-0.3, -0.25) is 14.9 Å². The number of aromatic amines is 1. The molecule has 1 aromatic carbocycles. The number of methoxy groups -OCH3 is 2. The lowest BCUT2D eigenvalue weighted by atomic mass is 9.82. The molecule has 1 amide bonds. The maximum Gasteiger partial charge on any atom is 0.411 e. The van der Waals surface area contributed by atoms with Crippen LogP contribution in [0.1, 0.15) is 69.7 Å². The minimum absolute atomic E-state index is 0.0479. The fraction of sp³-hybridized carbons (Fsp3) is 0.479. The minimum atomic E-state index is -1.74. The zero-order valence-corrected chi connectivity index (χ0v) is 39.3. The standard InChI is InChI=1S/C48H56N4O15S/c1-8-9-10-11-12-13-35(39-27(16-17-68-25(5)53)33(55)20-34(56)41(39)52-48(61)63-7)66-47-45(67-37-21-36(62-6)32(22-64-37)49-23(2)3)44(58)38(24(4)65-47)43(57)42-40-29(19-31(51-42)46(59)60)28-18-26(54)14-15-30(28)50-40/h10-11,14-16,18-19,23-24,32-33,35-38,43-45,47,49-50,54-55,57-58H,17,20-22H2,1-7H3,(H,52,61)(H,59,60)/b11-10-,27-16-/t24?,32?,33-,35-,36?,37?,38?,43?,44?,45?,47?/m0/s1. The molecular weight excluding hydrogens is 905 g/mol. The molecule has 0 spiro atoms. The minimum Gasteiger partial charge on any atom is -0.508 e. The van der Waals surface area contributed by atoms with E-state index >= 15 is 0 Å². The van der Waals surface area contributed by atoms with Crippen LogP contribution in [0.15, 0.2) is 59.3 Å². The second-order valence-corrected chi connectivity index (χ2v) is 17.7. The highest BCUT2D eigenvalue weighted by Gasteiger charge is 2.52. The van der Waals surface area contributed by atoms with Crippen molar-refractivity contribution in [3.8, 4) is 29.4 Å². The van der Waals surface area contributed by atoms with E-state index in [1.807, 2.05) is 13.8 Å². The van der Waals surface area contributed by atoms with Crippen LogP contribution in [-0.4, -0.2) is 146 Å². The number of Topliss-reactive ketones (excluding diaryl/α,β-unsaturated/α-hetero) is 1. The van der Waals surface area contributed by atoms with Gasteiger partial charge in [0.25, 0.3) is 0 Å². The number of carboxylic acids is 1. The van der Waals surface area contributed by atoms with Gasteiger partial charge in [0, 0.05) is 66.5 Å². The van der Waals surface area contributed by atoms with Gasteiger partial charge in [0.15, 0.2) is 23.5 Å². The van der Waals surface area contributed by atoms with Gasteiger partial charge in [0.1, 0.15) is 29.8 Å². The smallest absolute Gasteiger partial charge is 0.411 e. The van der Waals surface area contributed by atoms with Gasteiger partial charge in [-0.15, -0.1) is 5.92 Å². The SMILES string of the molecule is CC#C/C=C\C#C[C@H](OC1OC(C)C(C(O)c2nc(C(=O)O)cc3c2[nH]c2ccc(O)cc23)C(O)C1OC1CC(OC)C(NC(C)C)CO1)C1=C(NC(=O)OC)C(=O)C[C@H](O)/C1=C/CSC(C)=O. The number of phenolic OH excluding ortho intramolecular Hbond substituents is 1. The molecular formula is C48H56N4O15S. The number of alkyl carbamates (subject to hydrolysis) is 1. The zero-order chi connectivity index (χ0) is 49.4. The Hall–Kier alpha value is -5.62. The number of H-pyrrole nitrogens is 1. The van der Waals surface area contributed by atoms with E-state index in [1.54, 1.807) is 27.0 Å². The molecule has 2 fully saturated rings. The molecule has 3 aliphatic rings. The van der Waals surface area contributed by atoms with Crippen molar-refractivity contribution < 1.29 is 73.1 Å². The normalized spacial score (nSPS) is 26.9. The van der Waals surface area contributed by atoms with Gasteiger partial charge in [-0.05, 0) is 55.8 Å². The zero-order valence-electron chi connectivity index (χ0n) is 38.5. The van der Waals surface area contributed by atoms with Crippen LogP contribution < -0.4 is 10.6 Å². The number of hydrogen-bond acceptors (Lipinski definition) is 17. The number of hydrogen-bond donors (Lipinski definition) is 8. The summed E-state index contributed by atoms with van der Waals surface area (Å²) in [5, 5.41) is 63.3. The van der Waals surface area contributed by atoms with Crippen LogP contribution in [0.2, 0.25) is 0 Å². The highest BCUT2D eigenvalue weighted by atomic mass is 32.2. The molecule has 8 N–H and O–H groups in total. The van der Waals surface area contributed by atoms with Crippen LogP contribution >= 0.6 is 11.8 Å². The van der Waals surface area contributed by atoms with E-state index in [1.165, 1.54) is 43.4 Å². The Kier molecular flexibility index (Phi) is 17.6. The van der Waals surface area contributed by atoms with E-state index in [4.69, 9.17) is 28.4 Å². The summed E-state index contributed by atoms with van der Waals surface area (Å²) in [5.41, 5.74) is -0.160. The number of benzene rings is 1. The Morgan fingerprint density at radius 3 is 2.54 bits per heavy atom. The third-order valence-corrected chi connectivity index (χ3v) is 12.3. The maximum absolute atomic E-state index is 13.7. The second-order valence-electron chi connectivity index (χ2n) is 16.5. The van der Waals surface area contributed by atoms with E-state index < -0.39 is 91.2 Å². The number of carbonyl (C=O) groups excluding carboxylic acids is 3. The van der Waals surface area contributed by atoms with Crippen LogP contribution in [0.3, 0.4) is 0 Å². The average Bonchev–Trinajstić information content (AvgIpc) is 3.65. The lowest BCUT2D eigenvalue weighted by molar-refractivity contribution is -0.338. The number of ether oxygens (including phenoxy) is 6. The number of ketones is 1. The fourth-order valence-corrected chi connectivity index (χ4v) is 9.03. The topological polar surface area (TPSA) is 278 Å². The van der Waals surface area contributed by atoms with Crippen molar-refractivity contribution in [3.63, 3.8) is 0 Å². The van der Waals surface area contributed by atoms with Gasteiger partial charge >= 0.3 is 12.1 Å². The molecule has 68 heavy (non-hydrogen) atoms. The number of aromatic carboxylic acids is 1. The number of pyridine rings is 1. The second kappa shape index (κ2) is 23.1. The van der Waals surface area contributed by atoms with Crippen molar-refractivity contribution in [3.05, 3.63) is 70.7 Å². The van der Waals surface area contributed by atoms with Crippen LogP contribution in [-0.2, 0) is 38.0 Å².